The molecule has 0 saturated carbocycles. The average molecular weight is 444 g/mol. The van der Waals surface area contributed by atoms with Crippen LogP contribution in [0.15, 0.2) is 0 Å². The Hall–Kier alpha value is -1.69. The largest absolute Gasteiger partial charge is 0.480 e. The summed E-state index contributed by atoms with van der Waals surface area (Å²) in [6, 6.07) is -1.86. The predicted molar refractivity (Wildman–Crippen MR) is 98.1 cm³/mol. The highest BCUT2D eigenvalue weighted by atomic mass is 32.2. The van der Waals surface area contributed by atoms with Crippen molar-refractivity contribution in [3.05, 3.63) is 15.6 Å². The van der Waals surface area contributed by atoms with Crippen molar-refractivity contribution >= 4 is 33.1 Å². The van der Waals surface area contributed by atoms with E-state index in [2.05, 4.69) is 4.98 Å². The van der Waals surface area contributed by atoms with Gasteiger partial charge in [-0.05, 0) is 19.8 Å². The smallest absolute Gasteiger partial charge is 0.435 e. The van der Waals surface area contributed by atoms with Gasteiger partial charge in [0.05, 0.1) is 16.0 Å². The standard InChI is InChI=1S/C16H23F3N2O5S2/c1-4-6-10(7-5-2)28(25,26)8-11(15(23)24)21-14(22)12-13(16(17,18)19)20-9(3)27-12/h10-11H,4-8H2,1-3H3,(H,21,22)(H,23,24). The van der Waals surface area contributed by atoms with Crippen LogP contribution in [0.4, 0.5) is 13.2 Å². The van der Waals surface area contributed by atoms with Crippen LogP contribution in [0.2, 0.25) is 0 Å². The van der Waals surface area contributed by atoms with Crippen LogP contribution in [-0.2, 0) is 20.8 Å². The van der Waals surface area contributed by atoms with Gasteiger partial charge >= 0.3 is 12.1 Å². The minimum atomic E-state index is -4.89. The molecule has 2 N–H and O–H groups in total. The lowest BCUT2D eigenvalue weighted by Crippen LogP contribution is -2.47. The van der Waals surface area contributed by atoms with Crippen LogP contribution >= 0.6 is 11.3 Å². The summed E-state index contributed by atoms with van der Waals surface area (Å²) in [7, 11) is -3.88. The van der Waals surface area contributed by atoms with Gasteiger partial charge in [-0.15, -0.1) is 11.3 Å². The Morgan fingerprint density at radius 2 is 1.75 bits per heavy atom. The first-order valence-corrected chi connectivity index (χ1v) is 11.2. The van der Waals surface area contributed by atoms with E-state index in [4.69, 9.17) is 0 Å². The number of hydrogen-bond donors (Lipinski definition) is 2. The molecule has 12 heteroatoms. The van der Waals surface area contributed by atoms with E-state index in [1.54, 1.807) is 13.8 Å². The first-order chi connectivity index (χ1) is 12.8. The van der Waals surface area contributed by atoms with Crippen LogP contribution in [0.3, 0.4) is 0 Å². The molecule has 1 amide bonds. The zero-order valence-electron chi connectivity index (χ0n) is 15.7. The number of halogens is 3. The normalized spacial score (nSPS) is 13.5. The number of amides is 1. The van der Waals surface area contributed by atoms with E-state index in [0.717, 1.165) is 0 Å². The molecule has 28 heavy (non-hydrogen) atoms. The van der Waals surface area contributed by atoms with Crippen molar-refractivity contribution in [1.82, 2.24) is 10.3 Å². The zero-order valence-corrected chi connectivity index (χ0v) is 17.3. The van der Waals surface area contributed by atoms with Crippen LogP contribution < -0.4 is 5.32 Å². The highest BCUT2D eigenvalue weighted by molar-refractivity contribution is 7.92. The third-order valence-corrected chi connectivity index (χ3v) is 7.20. The monoisotopic (exact) mass is 444 g/mol. The SMILES string of the molecule is CCCC(CCC)S(=O)(=O)CC(NC(=O)c1sc(C)nc1C(F)(F)F)C(=O)O. The highest BCUT2D eigenvalue weighted by Crippen LogP contribution is 2.34. The van der Waals surface area contributed by atoms with Crippen LogP contribution in [0.1, 0.15) is 59.9 Å². The first-order valence-electron chi connectivity index (χ1n) is 8.63. The van der Waals surface area contributed by atoms with Gasteiger partial charge in [-0.3, -0.25) is 4.79 Å². The molecule has 0 bridgehead atoms. The van der Waals surface area contributed by atoms with Gasteiger partial charge in [-0.1, -0.05) is 26.7 Å². The molecule has 7 nitrogen and oxygen atoms in total. The Morgan fingerprint density at radius 3 is 2.18 bits per heavy atom. The van der Waals surface area contributed by atoms with Gasteiger partial charge < -0.3 is 10.4 Å². The molecule has 1 aromatic heterocycles. The van der Waals surface area contributed by atoms with Gasteiger partial charge in [0.25, 0.3) is 5.91 Å². The van der Waals surface area contributed by atoms with Crippen molar-refractivity contribution < 1.29 is 36.3 Å². The second-order valence-corrected chi connectivity index (χ2v) is 9.83. The summed E-state index contributed by atoms with van der Waals surface area (Å²) in [5.74, 6) is -3.85. The Balaban J connectivity index is 3.09. The minimum Gasteiger partial charge on any atom is -0.480 e. The maximum absolute atomic E-state index is 13.0. The molecule has 0 aliphatic rings. The number of carboxylic acid groups (broad SMARTS) is 1. The first kappa shape index (κ1) is 24.3. The topological polar surface area (TPSA) is 113 Å². The summed E-state index contributed by atoms with van der Waals surface area (Å²) in [5, 5.41) is 10.4. The van der Waals surface area contributed by atoms with Crippen LogP contribution in [-0.4, -0.2) is 47.4 Å². The fourth-order valence-electron chi connectivity index (χ4n) is 2.69. The second kappa shape index (κ2) is 9.68. The number of hydrogen-bond acceptors (Lipinski definition) is 6. The van der Waals surface area contributed by atoms with Crippen molar-refractivity contribution in [3.63, 3.8) is 0 Å². The third-order valence-electron chi connectivity index (χ3n) is 3.94. The Labute approximate surface area is 165 Å². The zero-order chi connectivity index (χ0) is 21.7. The molecular formula is C16H23F3N2O5S2. The molecule has 1 heterocycles. The van der Waals surface area contributed by atoms with Gasteiger partial charge in [-0.25, -0.2) is 18.2 Å². The lowest BCUT2D eigenvalue weighted by Gasteiger charge is -2.20. The van der Waals surface area contributed by atoms with Gasteiger partial charge in [0.1, 0.15) is 10.9 Å². The van der Waals surface area contributed by atoms with E-state index in [9.17, 15) is 36.3 Å². The molecular weight excluding hydrogens is 421 g/mol. The van der Waals surface area contributed by atoms with E-state index in [1.807, 2.05) is 5.32 Å². The molecule has 1 aromatic rings. The molecule has 0 aliphatic heterocycles. The Bertz CT molecular complexity index is 800. The van der Waals surface area contributed by atoms with Crippen LogP contribution in [0.25, 0.3) is 0 Å². The van der Waals surface area contributed by atoms with Crippen molar-refractivity contribution in [2.24, 2.45) is 0 Å². The molecule has 0 fully saturated rings. The number of carbonyl (C=O) groups excluding carboxylic acids is 1. The van der Waals surface area contributed by atoms with Crippen molar-refractivity contribution in [2.75, 3.05) is 5.75 Å². The molecule has 0 aromatic carbocycles. The fraction of sp³-hybridized carbons (Fsp3) is 0.688. The summed E-state index contributed by atoms with van der Waals surface area (Å²) in [4.78, 5) is 26.2. The summed E-state index contributed by atoms with van der Waals surface area (Å²) in [6.45, 7) is 4.86. The average Bonchev–Trinajstić information content (AvgIpc) is 2.96. The molecule has 0 radical (unpaired) electrons. The number of carboxylic acids is 1. The van der Waals surface area contributed by atoms with Crippen molar-refractivity contribution in [1.29, 1.82) is 0 Å². The maximum atomic E-state index is 13.0. The summed E-state index contributed by atoms with van der Waals surface area (Å²) < 4.78 is 64.2. The number of nitrogens with one attached hydrogen (secondary N) is 1. The van der Waals surface area contributed by atoms with E-state index in [0.29, 0.717) is 37.0 Å². The minimum absolute atomic E-state index is 0.0251. The highest BCUT2D eigenvalue weighted by Gasteiger charge is 2.40. The number of aryl methyl sites for hydroxylation is 1. The van der Waals surface area contributed by atoms with E-state index < -0.39 is 55.5 Å². The number of nitrogens with zero attached hydrogens (tertiary/aromatic N) is 1. The van der Waals surface area contributed by atoms with Crippen LogP contribution in [0.5, 0.6) is 0 Å². The number of sulfone groups is 1. The number of carbonyl (C=O) groups is 2. The van der Waals surface area contributed by atoms with E-state index >= 15 is 0 Å². The van der Waals surface area contributed by atoms with Crippen LogP contribution in [0, 0.1) is 6.92 Å². The molecule has 0 saturated heterocycles. The van der Waals surface area contributed by atoms with Gasteiger partial charge in [-0.2, -0.15) is 13.2 Å². The predicted octanol–water partition coefficient (Wildman–Crippen LogP) is 3.04. The Morgan fingerprint density at radius 1 is 1.21 bits per heavy atom. The molecule has 1 unspecified atom stereocenters. The summed E-state index contributed by atoms with van der Waals surface area (Å²) >= 11 is 0.458. The Kier molecular flexibility index (Phi) is 8.42. The number of aliphatic carboxylic acids is 1. The van der Waals surface area contributed by atoms with Crippen molar-refractivity contribution in [3.8, 4) is 0 Å². The van der Waals surface area contributed by atoms with Gasteiger partial charge in [0.15, 0.2) is 15.5 Å². The number of alkyl halides is 3. The lowest BCUT2D eigenvalue weighted by atomic mass is 10.2. The third kappa shape index (κ3) is 6.43. The van der Waals surface area contributed by atoms with Gasteiger partial charge in [0.2, 0.25) is 0 Å². The molecule has 0 spiro atoms. The molecule has 0 aliphatic carbocycles. The molecule has 1 atom stereocenters. The molecule has 1 rings (SSSR count). The van der Waals surface area contributed by atoms with Crippen molar-refractivity contribution in [2.45, 2.75) is 63.9 Å². The quantitative estimate of drug-likeness (QED) is 0.573. The summed E-state index contributed by atoms with van der Waals surface area (Å²) in [6.07, 6.45) is -3.08. The fourth-order valence-corrected chi connectivity index (χ4v) is 5.68. The number of thiazole rings is 1. The van der Waals surface area contributed by atoms with E-state index in [1.165, 1.54) is 6.92 Å². The second-order valence-electron chi connectivity index (χ2n) is 6.30. The van der Waals surface area contributed by atoms with Gasteiger partial charge in [0, 0.05) is 0 Å². The molecule has 160 valence electrons. The maximum Gasteiger partial charge on any atom is 0.435 e. The number of rotatable bonds is 10. The lowest BCUT2D eigenvalue weighted by molar-refractivity contribution is -0.141. The number of aromatic nitrogens is 1. The summed E-state index contributed by atoms with van der Waals surface area (Å²) in [5.41, 5.74) is -1.42. The van der Waals surface area contributed by atoms with E-state index in [-0.39, 0.29) is 5.01 Å².